The minimum absolute atomic E-state index is 0. The van der Waals surface area contributed by atoms with Crippen molar-refractivity contribution in [1.82, 2.24) is 20.2 Å². The van der Waals surface area contributed by atoms with Crippen molar-refractivity contribution in [1.29, 1.82) is 0 Å². The Balaban J connectivity index is 0.00000280. The molecular weight excluding hydrogens is 461 g/mol. The van der Waals surface area contributed by atoms with Crippen LogP contribution in [0.15, 0.2) is 47.7 Å². The van der Waals surface area contributed by atoms with Crippen LogP contribution in [-0.2, 0) is 18.5 Å². The first-order valence-corrected chi connectivity index (χ1v) is 10.2. The normalized spacial score (nSPS) is 15.6. The number of rotatable bonds is 8. The third kappa shape index (κ3) is 5.72. The van der Waals surface area contributed by atoms with E-state index in [-0.39, 0.29) is 29.4 Å². The summed E-state index contributed by atoms with van der Waals surface area (Å²) < 4.78 is 2.20. The highest BCUT2D eigenvalue weighted by Crippen LogP contribution is 2.43. The molecule has 0 spiro atoms. The zero-order valence-electron chi connectivity index (χ0n) is 17.3. The Bertz CT molecular complexity index is 734. The van der Waals surface area contributed by atoms with Gasteiger partial charge in [-0.05, 0) is 31.2 Å². The molecule has 1 aliphatic carbocycles. The Morgan fingerprint density at radius 2 is 1.96 bits per heavy atom. The van der Waals surface area contributed by atoms with E-state index in [1.165, 1.54) is 24.8 Å². The van der Waals surface area contributed by atoms with Crippen LogP contribution in [0.25, 0.3) is 0 Å². The van der Waals surface area contributed by atoms with Crippen LogP contribution in [-0.4, -0.2) is 28.6 Å². The van der Waals surface area contributed by atoms with Crippen LogP contribution >= 0.6 is 24.0 Å². The second kappa shape index (κ2) is 10.8. The van der Waals surface area contributed by atoms with Crippen molar-refractivity contribution < 1.29 is 0 Å². The summed E-state index contributed by atoms with van der Waals surface area (Å²) in [6.07, 6.45) is 7.69. The molecule has 5 nitrogen and oxygen atoms in total. The number of hydrogen-bond acceptors (Lipinski definition) is 2. The molecule has 1 fully saturated rings. The molecule has 0 radical (unpaired) electrons. The van der Waals surface area contributed by atoms with Crippen molar-refractivity contribution >= 4 is 29.9 Å². The maximum Gasteiger partial charge on any atom is 0.191 e. The second-order valence-electron chi connectivity index (χ2n) is 7.94. The molecule has 1 aromatic heterocycles. The number of imidazole rings is 1. The number of benzene rings is 1. The van der Waals surface area contributed by atoms with E-state index in [0.717, 1.165) is 31.4 Å². The summed E-state index contributed by atoms with van der Waals surface area (Å²) >= 11 is 0. The van der Waals surface area contributed by atoms with Crippen molar-refractivity contribution in [2.45, 2.75) is 58.5 Å². The molecule has 154 valence electrons. The molecule has 1 saturated carbocycles. The third-order valence-electron chi connectivity index (χ3n) is 5.38. The van der Waals surface area contributed by atoms with Gasteiger partial charge in [0.25, 0.3) is 0 Å². The molecule has 2 N–H and O–H groups in total. The predicted octanol–water partition coefficient (Wildman–Crippen LogP) is 4.33. The Morgan fingerprint density at radius 3 is 2.57 bits per heavy atom. The molecule has 3 rings (SSSR count). The van der Waals surface area contributed by atoms with E-state index in [2.05, 4.69) is 71.3 Å². The van der Waals surface area contributed by atoms with Gasteiger partial charge in [-0.1, -0.05) is 50.6 Å². The van der Waals surface area contributed by atoms with Gasteiger partial charge in [0.2, 0.25) is 0 Å². The van der Waals surface area contributed by atoms with E-state index in [1.807, 2.05) is 12.4 Å². The summed E-state index contributed by atoms with van der Waals surface area (Å²) in [5.74, 6) is 2.48. The monoisotopic (exact) mass is 495 g/mol. The first-order valence-electron chi connectivity index (χ1n) is 10.2. The summed E-state index contributed by atoms with van der Waals surface area (Å²) in [6, 6.07) is 10.9. The third-order valence-corrected chi connectivity index (χ3v) is 5.38. The van der Waals surface area contributed by atoms with Gasteiger partial charge in [-0.15, -0.1) is 24.0 Å². The summed E-state index contributed by atoms with van der Waals surface area (Å²) in [5.41, 5.74) is 1.68. The van der Waals surface area contributed by atoms with Crippen molar-refractivity contribution in [3.8, 4) is 0 Å². The molecule has 6 heteroatoms. The molecule has 0 atom stereocenters. The van der Waals surface area contributed by atoms with Gasteiger partial charge in [-0.25, -0.2) is 9.98 Å². The first kappa shape index (κ1) is 22.7. The van der Waals surface area contributed by atoms with E-state index < -0.39 is 0 Å². The number of hydrogen-bond donors (Lipinski definition) is 2. The number of guanidine groups is 1. The molecule has 2 aromatic rings. The molecular formula is C22H34IN5. The lowest BCUT2D eigenvalue weighted by Gasteiger charge is -2.43. The highest BCUT2D eigenvalue weighted by Gasteiger charge is 2.38. The SMILES string of the molecule is CCNC(=NCc1nccn1CC(C)C)NCC1(c2ccccc2)CCC1.I. The average molecular weight is 495 g/mol. The molecule has 1 aliphatic rings. The number of halogens is 1. The van der Waals surface area contributed by atoms with Crippen LogP contribution in [0.4, 0.5) is 0 Å². The fourth-order valence-electron chi connectivity index (χ4n) is 3.76. The molecule has 0 unspecified atom stereocenters. The Labute approximate surface area is 186 Å². The van der Waals surface area contributed by atoms with Crippen molar-refractivity contribution in [3.05, 3.63) is 54.1 Å². The molecule has 0 saturated heterocycles. The standard InChI is InChI=1S/C22H33N5.HI/c1-4-23-21(25-15-20-24-13-14-27(20)16-18(2)3)26-17-22(11-8-12-22)19-9-6-5-7-10-19;/h5-7,9-10,13-14,18H,4,8,11-12,15-17H2,1-3H3,(H2,23,25,26);1H. The van der Waals surface area contributed by atoms with Crippen molar-refractivity contribution in [2.24, 2.45) is 10.9 Å². The number of nitrogens with one attached hydrogen (secondary N) is 2. The first-order chi connectivity index (χ1) is 13.1. The van der Waals surface area contributed by atoms with Crippen LogP contribution in [0, 0.1) is 5.92 Å². The zero-order chi connectivity index (χ0) is 19.1. The van der Waals surface area contributed by atoms with Gasteiger partial charge in [0.05, 0.1) is 0 Å². The molecule has 28 heavy (non-hydrogen) atoms. The number of nitrogens with zero attached hydrogens (tertiary/aromatic N) is 3. The van der Waals surface area contributed by atoms with Crippen LogP contribution in [0.5, 0.6) is 0 Å². The maximum atomic E-state index is 4.79. The van der Waals surface area contributed by atoms with E-state index in [0.29, 0.717) is 12.5 Å². The summed E-state index contributed by atoms with van der Waals surface area (Å²) in [7, 11) is 0. The Hall–Kier alpha value is -1.57. The van der Waals surface area contributed by atoms with Gasteiger partial charge in [0.15, 0.2) is 5.96 Å². The minimum atomic E-state index is 0. The van der Waals surface area contributed by atoms with Crippen LogP contribution in [0.2, 0.25) is 0 Å². The highest BCUT2D eigenvalue weighted by atomic mass is 127. The molecule has 0 aliphatic heterocycles. The van der Waals surface area contributed by atoms with Gasteiger partial charge in [0, 0.05) is 37.4 Å². The Kier molecular flexibility index (Phi) is 8.79. The van der Waals surface area contributed by atoms with Crippen LogP contribution < -0.4 is 10.6 Å². The predicted molar refractivity (Wildman–Crippen MR) is 127 cm³/mol. The largest absolute Gasteiger partial charge is 0.357 e. The van der Waals surface area contributed by atoms with E-state index in [4.69, 9.17) is 4.99 Å². The minimum Gasteiger partial charge on any atom is -0.357 e. The lowest BCUT2D eigenvalue weighted by Crippen LogP contribution is -2.48. The smallest absolute Gasteiger partial charge is 0.191 e. The van der Waals surface area contributed by atoms with Gasteiger partial charge in [0.1, 0.15) is 12.4 Å². The summed E-state index contributed by atoms with van der Waals surface area (Å²) in [4.78, 5) is 9.28. The topological polar surface area (TPSA) is 54.2 Å². The fourth-order valence-corrected chi connectivity index (χ4v) is 3.76. The molecule has 1 heterocycles. The van der Waals surface area contributed by atoms with Gasteiger partial charge < -0.3 is 15.2 Å². The quantitative estimate of drug-likeness (QED) is 0.326. The summed E-state index contributed by atoms with van der Waals surface area (Å²) in [6.45, 7) is 9.89. The number of aliphatic imine (C=N–C) groups is 1. The number of aromatic nitrogens is 2. The van der Waals surface area contributed by atoms with Crippen LogP contribution in [0.3, 0.4) is 0 Å². The Morgan fingerprint density at radius 1 is 1.21 bits per heavy atom. The zero-order valence-corrected chi connectivity index (χ0v) is 19.6. The molecule has 0 amide bonds. The van der Waals surface area contributed by atoms with Gasteiger partial charge in [-0.3, -0.25) is 0 Å². The van der Waals surface area contributed by atoms with Crippen LogP contribution in [0.1, 0.15) is 51.4 Å². The highest BCUT2D eigenvalue weighted by molar-refractivity contribution is 14.0. The van der Waals surface area contributed by atoms with Gasteiger partial charge in [-0.2, -0.15) is 0 Å². The molecule has 1 aromatic carbocycles. The van der Waals surface area contributed by atoms with E-state index >= 15 is 0 Å². The fraction of sp³-hybridized carbons (Fsp3) is 0.545. The van der Waals surface area contributed by atoms with Gasteiger partial charge >= 0.3 is 0 Å². The lowest BCUT2D eigenvalue weighted by molar-refractivity contribution is 0.244. The summed E-state index contributed by atoms with van der Waals surface area (Å²) in [5, 5.41) is 6.97. The van der Waals surface area contributed by atoms with Crippen molar-refractivity contribution in [2.75, 3.05) is 13.1 Å². The second-order valence-corrected chi connectivity index (χ2v) is 7.94. The maximum absolute atomic E-state index is 4.79. The van der Waals surface area contributed by atoms with E-state index in [1.54, 1.807) is 0 Å². The average Bonchev–Trinajstić information content (AvgIpc) is 3.06. The van der Waals surface area contributed by atoms with Crippen molar-refractivity contribution in [3.63, 3.8) is 0 Å². The lowest BCUT2D eigenvalue weighted by atomic mass is 9.64. The van der Waals surface area contributed by atoms with E-state index in [9.17, 15) is 0 Å². The molecule has 0 bridgehead atoms.